The van der Waals surface area contributed by atoms with Crippen LogP contribution in [0.1, 0.15) is 23.2 Å². The highest BCUT2D eigenvalue weighted by atomic mass is 79.9. The first kappa shape index (κ1) is 10.8. The Morgan fingerprint density at radius 2 is 2.33 bits per heavy atom. The fourth-order valence-electron chi connectivity index (χ4n) is 1.65. The topological polar surface area (TPSA) is 26.3 Å². The standard InChI is InChI=1S/C11H10BrFO2/c12-8-4-1-3-7(10(8)13)11(14)9-5-2-6-15-9/h1,3-4,9H,2,5-6H2. The number of hydrogen-bond donors (Lipinski definition) is 0. The van der Waals surface area contributed by atoms with Gasteiger partial charge >= 0.3 is 0 Å². The van der Waals surface area contributed by atoms with Gasteiger partial charge in [-0.1, -0.05) is 6.07 Å². The second kappa shape index (κ2) is 4.41. The molecule has 0 aromatic heterocycles. The quantitative estimate of drug-likeness (QED) is 0.774. The van der Waals surface area contributed by atoms with Gasteiger partial charge in [0.1, 0.15) is 11.9 Å². The molecule has 1 saturated heterocycles. The van der Waals surface area contributed by atoms with E-state index in [-0.39, 0.29) is 11.3 Å². The fraction of sp³-hybridized carbons (Fsp3) is 0.364. The number of rotatable bonds is 2. The largest absolute Gasteiger partial charge is 0.370 e. The normalized spacial score (nSPS) is 20.5. The summed E-state index contributed by atoms with van der Waals surface area (Å²) in [6.07, 6.45) is 1.09. The minimum Gasteiger partial charge on any atom is -0.370 e. The van der Waals surface area contributed by atoms with E-state index in [2.05, 4.69) is 15.9 Å². The van der Waals surface area contributed by atoms with E-state index in [1.54, 1.807) is 12.1 Å². The Morgan fingerprint density at radius 1 is 1.53 bits per heavy atom. The van der Waals surface area contributed by atoms with Crippen molar-refractivity contribution in [1.29, 1.82) is 0 Å². The zero-order chi connectivity index (χ0) is 10.8. The summed E-state index contributed by atoms with van der Waals surface area (Å²) in [5.74, 6) is -0.760. The number of Topliss-reactive ketones (excluding diaryl/α,β-unsaturated/α-hetero) is 1. The summed E-state index contributed by atoms with van der Waals surface area (Å²) >= 11 is 3.05. The van der Waals surface area contributed by atoms with Crippen LogP contribution in [-0.2, 0) is 4.74 Å². The molecule has 0 amide bonds. The average Bonchev–Trinajstić information content (AvgIpc) is 2.74. The van der Waals surface area contributed by atoms with Gasteiger partial charge in [-0.25, -0.2) is 4.39 Å². The van der Waals surface area contributed by atoms with Gasteiger partial charge in [0, 0.05) is 6.61 Å². The van der Waals surface area contributed by atoms with Crippen molar-refractivity contribution in [3.05, 3.63) is 34.1 Å². The van der Waals surface area contributed by atoms with E-state index in [4.69, 9.17) is 4.74 Å². The number of carbonyl (C=O) groups excluding carboxylic acids is 1. The molecule has 2 rings (SSSR count). The number of ether oxygens (including phenoxy) is 1. The summed E-state index contributed by atoms with van der Waals surface area (Å²) in [6.45, 7) is 0.589. The van der Waals surface area contributed by atoms with Gasteiger partial charge < -0.3 is 4.74 Å². The summed E-state index contributed by atoms with van der Waals surface area (Å²) < 4.78 is 19.1. The van der Waals surface area contributed by atoms with Gasteiger partial charge in [-0.15, -0.1) is 0 Å². The maximum Gasteiger partial charge on any atom is 0.194 e. The highest BCUT2D eigenvalue weighted by molar-refractivity contribution is 9.10. The minimum atomic E-state index is -0.502. The van der Waals surface area contributed by atoms with Crippen molar-refractivity contribution in [1.82, 2.24) is 0 Å². The highest BCUT2D eigenvalue weighted by Crippen LogP contribution is 2.23. The summed E-state index contributed by atoms with van der Waals surface area (Å²) in [5, 5.41) is 0. The molecule has 1 heterocycles. The molecule has 4 heteroatoms. The van der Waals surface area contributed by atoms with Crippen LogP contribution in [0.5, 0.6) is 0 Å². The summed E-state index contributed by atoms with van der Waals surface area (Å²) in [5.41, 5.74) is 0.108. The molecule has 15 heavy (non-hydrogen) atoms. The molecule has 0 N–H and O–H groups in total. The van der Waals surface area contributed by atoms with Crippen LogP contribution >= 0.6 is 15.9 Å². The first-order valence-electron chi connectivity index (χ1n) is 4.80. The molecule has 1 aliphatic heterocycles. The Labute approximate surface area is 95.6 Å². The van der Waals surface area contributed by atoms with Crippen molar-refractivity contribution in [3.8, 4) is 0 Å². The van der Waals surface area contributed by atoms with Gasteiger partial charge in [-0.2, -0.15) is 0 Å². The second-order valence-electron chi connectivity index (χ2n) is 3.47. The lowest BCUT2D eigenvalue weighted by Crippen LogP contribution is -2.20. The highest BCUT2D eigenvalue weighted by Gasteiger charge is 2.27. The van der Waals surface area contributed by atoms with Crippen LogP contribution in [0.25, 0.3) is 0 Å². The number of halogens is 2. The molecule has 0 saturated carbocycles. The molecule has 0 spiro atoms. The third-order valence-corrected chi connectivity index (χ3v) is 3.05. The number of benzene rings is 1. The Bertz CT molecular complexity index is 386. The first-order valence-corrected chi connectivity index (χ1v) is 5.59. The van der Waals surface area contributed by atoms with Crippen molar-refractivity contribution in [2.45, 2.75) is 18.9 Å². The fourth-order valence-corrected chi connectivity index (χ4v) is 2.02. The van der Waals surface area contributed by atoms with Crippen molar-refractivity contribution in [2.75, 3.05) is 6.61 Å². The summed E-state index contributed by atoms with van der Waals surface area (Å²) in [6, 6.07) is 4.71. The van der Waals surface area contributed by atoms with Crippen molar-refractivity contribution in [3.63, 3.8) is 0 Å². The first-order chi connectivity index (χ1) is 7.20. The Hall–Kier alpha value is -0.740. The van der Waals surface area contributed by atoms with Crippen LogP contribution in [0.15, 0.2) is 22.7 Å². The van der Waals surface area contributed by atoms with Crippen molar-refractivity contribution < 1.29 is 13.9 Å². The van der Waals surface area contributed by atoms with Crippen molar-refractivity contribution >= 4 is 21.7 Å². The smallest absolute Gasteiger partial charge is 0.194 e. The zero-order valence-corrected chi connectivity index (χ0v) is 9.59. The Balaban J connectivity index is 2.28. The van der Waals surface area contributed by atoms with Crippen LogP contribution in [0, 0.1) is 5.82 Å². The SMILES string of the molecule is O=C(c1cccc(Br)c1F)C1CCCO1. The van der Waals surface area contributed by atoms with E-state index in [9.17, 15) is 9.18 Å². The van der Waals surface area contributed by atoms with Gasteiger partial charge in [0.25, 0.3) is 0 Å². The van der Waals surface area contributed by atoms with Crippen LogP contribution in [0.2, 0.25) is 0 Å². The van der Waals surface area contributed by atoms with Crippen LogP contribution in [0.3, 0.4) is 0 Å². The average molecular weight is 273 g/mol. The second-order valence-corrected chi connectivity index (χ2v) is 4.32. The minimum absolute atomic E-state index is 0.108. The van der Waals surface area contributed by atoms with E-state index >= 15 is 0 Å². The van der Waals surface area contributed by atoms with Crippen LogP contribution < -0.4 is 0 Å². The zero-order valence-electron chi connectivity index (χ0n) is 8.00. The third-order valence-electron chi connectivity index (χ3n) is 2.44. The van der Waals surface area contributed by atoms with E-state index < -0.39 is 11.9 Å². The number of hydrogen-bond acceptors (Lipinski definition) is 2. The summed E-state index contributed by atoms with van der Waals surface area (Å²) in [7, 11) is 0. The van der Waals surface area contributed by atoms with E-state index in [1.807, 2.05) is 0 Å². The van der Waals surface area contributed by atoms with E-state index in [1.165, 1.54) is 6.07 Å². The number of carbonyl (C=O) groups is 1. The molecule has 1 atom stereocenters. The van der Waals surface area contributed by atoms with E-state index in [0.717, 1.165) is 6.42 Å². The van der Waals surface area contributed by atoms with Gasteiger partial charge in [-0.3, -0.25) is 4.79 Å². The lowest BCUT2D eigenvalue weighted by molar-refractivity contribution is 0.0638. The van der Waals surface area contributed by atoms with Crippen molar-refractivity contribution in [2.24, 2.45) is 0 Å². The molecular formula is C11H10BrFO2. The lowest BCUT2D eigenvalue weighted by Gasteiger charge is -2.09. The molecule has 2 nitrogen and oxygen atoms in total. The molecule has 1 aromatic carbocycles. The van der Waals surface area contributed by atoms with Crippen LogP contribution in [-0.4, -0.2) is 18.5 Å². The molecular weight excluding hydrogens is 263 g/mol. The molecule has 80 valence electrons. The maximum absolute atomic E-state index is 13.6. The Morgan fingerprint density at radius 3 is 3.00 bits per heavy atom. The maximum atomic E-state index is 13.6. The molecule has 0 radical (unpaired) electrons. The molecule has 0 aliphatic carbocycles. The predicted octanol–water partition coefficient (Wildman–Crippen LogP) is 2.95. The van der Waals surface area contributed by atoms with Gasteiger partial charge in [0.05, 0.1) is 10.0 Å². The molecule has 1 aliphatic rings. The van der Waals surface area contributed by atoms with Gasteiger partial charge in [-0.05, 0) is 40.9 Å². The molecule has 1 fully saturated rings. The monoisotopic (exact) mass is 272 g/mol. The lowest BCUT2D eigenvalue weighted by atomic mass is 10.0. The van der Waals surface area contributed by atoms with E-state index in [0.29, 0.717) is 17.5 Å². The Kier molecular flexibility index (Phi) is 3.17. The van der Waals surface area contributed by atoms with Crippen LogP contribution in [0.4, 0.5) is 4.39 Å². The molecule has 1 aromatic rings. The number of ketones is 1. The summed E-state index contributed by atoms with van der Waals surface area (Å²) in [4.78, 5) is 11.8. The van der Waals surface area contributed by atoms with Gasteiger partial charge in [0.2, 0.25) is 0 Å². The van der Waals surface area contributed by atoms with Gasteiger partial charge in [0.15, 0.2) is 5.78 Å². The molecule has 0 bridgehead atoms. The third kappa shape index (κ3) is 2.11. The predicted molar refractivity (Wildman–Crippen MR) is 57.4 cm³/mol. The molecule has 1 unspecified atom stereocenters.